The summed E-state index contributed by atoms with van der Waals surface area (Å²) in [6, 6.07) is 20.6. The van der Waals surface area contributed by atoms with Crippen molar-refractivity contribution in [1.82, 2.24) is 9.55 Å². The Morgan fingerprint density at radius 1 is 1.07 bits per heavy atom. The second-order valence-corrected chi connectivity index (χ2v) is 7.06. The summed E-state index contributed by atoms with van der Waals surface area (Å²) in [4.78, 5) is 4.62. The van der Waals surface area contributed by atoms with Crippen LogP contribution in [0.1, 0.15) is 19.4 Å². The van der Waals surface area contributed by atoms with E-state index in [1.54, 1.807) is 0 Å². The van der Waals surface area contributed by atoms with Crippen molar-refractivity contribution in [2.24, 2.45) is 5.73 Å². The summed E-state index contributed by atoms with van der Waals surface area (Å²) in [6.45, 7) is 4.53. The lowest BCUT2D eigenvalue weighted by molar-refractivity contribution is 0.242. The maximum Gasteiger partial charge on any atom is 0.335 e. The lowest BCUT2D eigenvalue weighted by Crippen LogP contribution is -2.06. The molecule has 0 fully saturated rings. The maximum atomic E-state index is 8.29. The Bertz CT molecular complexity index is 1170. The van der Waals surface area contributed by atoms with Crippen molar-refractivity contribution in [3.8, 4) is 22.6 Å². The molecule has 2 aromatic heterocycles. The van der Waals surface area contributed by atoms with Crippen LogP contribution in [0.5, 0.6) is 5.75 Å². The van der Waals surface area contributed by atoms with E-state index in [1.165, 1.54) is 0 Å². The third-order valence-electron chi connectivity index (χ3n) is 4.48. The molecule has 0 spiro atoms. The van der Waals surface area contributed by atoms with Crippen LogP contribution in [0.15, 0.2) is 73.1 Å². The van der Waals surface area contributed by atoms with Gasteiger partial charge < -0.3 is 15.0 Å². The number of fused-ring (bicyclic) bond motifs is 1. The fourth-order valence-corrected chi connectivity index (χ4v) is 3.35. The largest absolute Gasteiger partial charge is 0.491 e. The van der Waals surface area contributed by atoms with Crippen LogP contribution in [-0.2, 0) is 18.1 Å². The fourth-order valence-electron chi connectivity index (χ4n) is 3.35. The molecule has 6 nitrogen and oxygen atoms in total. The van der Waals surface area contributed by atoms with E-state index in [-0.39, 0.29) is 6.10 Å². The second kappa shape index (κ2) is 9.96. The number of ether oxygens (including phenoxy) is 1. The standard InChI is InChI=1S/C23H23N3O.O2S/c1-16(2)27-20-12-17(14-24)11-18(13-20)22-15-26(19-7-4-3-5-8-19)23-21(22)9-6-10-25-23;1-3-2/h3-13,15-16H,14,24H2,1-2H3;. The summed E-state index contributed by atoms with van der Waals surface area (Å²) in [7, 11) is 0. The molecule has 0 radical (unpaired) electrons. The molecule has 2 aromatic carbocycles. The van der Waals surface area contributed by atoms with Gasteiger partial charge in [-0.3, -0.25) is 0 Å². The quantitative estimate of drug-likeness (QED) is 0.520. The number of rotatable bonds is 5. The predicted octanol–water partition coefficient (Wildman–Crippen LogP) is 4.27. The summed E-state index contributed by atoms with van der Waals surface area (Å²) < 4.78 is 24.7. The topological polar surface area (TPSA) is 87.2 Å². The summed E-state index contributed by atoms with van der Waals surface area (Å²) in [5.74, 6) is 0.840. The van der Waals surface area contributed by atoms with Gasteiger partial charge in [0.05, 0.1) is 6.10 Å². The van der Waals surface area contributed by atoms with E-state index < -0.39 is 11.6 Å². The molecule has 0 saturated heterocycles. The van der Waals surface area contributed by atoms with Crippen LogP contribution < -0.4 is 10.5 Å². The Hall–Kier alpha value is -3.29. The molecule has 0 amide bonds. The molecule has 0 unspecified atom stereocenters. The highest BCUT2D eigenvalue weighted by Crippen LogP contribution is 2.34. The molecular weight excluding hydrogens is 398 g/mol. The van der Waals surface area contributed by atoms with E-state index in [1.807, 2.05) is 50.4 Å². The molecular formula is C23H23N3O3S. The third-order valence-corrected chi connectivity index (χ3v) is 4.48. The van der Waals surface area contributed by atoms with Gasteiger partial charge in [-0.1, -0.05) is 18.2 Å². The van der Waals surface area contributed by atoms with E-state index in [0.29, 0.717) is 6.54 Å². The van der Waals surface area contributed by atoms with Crippen LogP contribution >= 0.6 is 0 Å². The van der Waals surface area contributed by atoms with E-state index in [0.717, 1.165) is 39.2 Å². The first-order valence-electron chi connectivity index (χ1n) is 9.51. The van der Waals surface area contributed by atoms with E-state index in [9.17, 15) is 0 Å². The highest BCUT2D eigenvalue weighted by Gasteiger charge is 2.14. The van der Waals surface area contributed by atoms with Crippen molar-refractivity contribution in [1.29, 1.82) is 0 Å². The van der Waals surface area contributed by atoms with Gasteiger partial charge in [-0.25, -0.2) is 4.98 Å². The predicted molar refractivity (Wildman–Crippen MR) is 119 cm³/mol. The lowest BCUT2D eigenvalue weighted by atomic mass is 10.0. The second-order valence-electron chi connectivity index (χ2n) is 6.93. The van der Waals surface area contributed by atoms with E-state index in [4.69, 9.17) is 18.9 Å². The van der Waals surface area contributed by atoms with Gasteiger partial charge in [-0.2, -0.15) is 8.42 Å². The van der Waals surface area contributed by atoms with Crippen molar-refractivity contribution >= 4 is 22.6 Å². The van der Waals surface area contributed by atoms with E-state index in [2.05, 4.69) is 46.1 Å². The molecule has 2 heterocycles. The Labute approximate surface area is 178 Å². The number of para-hydroxylation sites is 1. The smallest absolute Gasteiger partial charge is 0.335 e. The molecule has 30 heavy (non-hydrogen) atoms. The van der Waals surface area contributed by atoms with Crippen LogP contribution in [0, 0.1) is 0 Å². The lowest BCUT2D eigenvalue weighted by Gasteiger charge is -2.13. The summed E-state index contributed by atoms with van der Waals surface area (Å²) in [5.41, 5.74) is 11.2. The Morgan fingerprint density at radius 2 is 1.80 bits per heavy atom. The first-order chi connectivity index (χ1) is 14.6. The van der Waals surface area contributed by atoms with Gasteiger partial charge in [0.25, 0.3) is 0 Å². The summed E-state index contributed by atoms with van der Waals surface area (Å²) in [5, 5.41) is 1.10. The molecule has 0 bridgehead atoms. The Balaban J connectivity index is 0.000000806. The molecule has 0 aliphatic heterocycles. The highest BCUT2D eigenvalue weighted by atomic mass is 32.1. The first-order valence-corrected chi connectivity index (χ1v) is 10.2. The van der Waals surface area contributed by atoms with Gasteiger partial charge >= 0.3 is 11.6 Å². The number of aromatic nitrogens is 2. The van der Waals surface area contributed by atoms with E-state index >= 15 is 0 Å². The zero-order valence-electron chi connectivity index (χ0n) is 16.8. The van der Waals surface area contributed by atoms with Crippen molar-refractivity contribution in [3.63, 3.8) is 0 Å². The first kappa shape index (κ1) is 21.4. The zero-order chi connectivity index (χ0) is 21.5. The van der Waals surface area contributed by atoms with Crippen LogP contribution in [0.2, 0.25) is 0 Å². The molecule has 4 rings (SSSR count). The number of nitrogens with zero attached hydrogens (tertiary/aromatic N) is 2. The Morgan fingerprint density at radius 3 is 2.47 bits per heavy atom. The van der Waals surface area contributed by atoms with Crippen LogP contribution in [-0.4, -0.2) is 24.1 Å². The number of nitrogens with two attached hydrogens (primary N) is 1. The van der Waals surface area contributed by atoms with Gasteiger partial charge in [-0.05, 0) is 67.4 Å². The minimum atomic E-state index is -0.750. The van der Waals surface area contributed by atoms with Crippen molar-refractivity contribution in [3.05, 3.63) is 78.6 Å². The minimum Gasteiger partial charge on any atom is -0.491 e. The average Bonchev–Trinajstić information content (AvgIpc) is 3.14. The molecule has 2 N–H and O–H groups in total. The maximum absolute atomic E-state index is 8.29. The molecule has 0 saturated carbocycles. The number of hydrogen-bond donors (Lipinski definition) is 1. The molecule has 0 aliphatic carbocycles. The van der Waals surface area contributed by atoms with Gasteiger partial charge in [0.15, 0.2) is 0 Å². The average molecular weight is 422 g/mol. The molecule has 7 heteroatoms. The van der Waals surface area contributed by atoms with Crippen molar-refractivity contribution < 1.29 is 13.2 Å². The van der Waals surface area contributed by atoms with Crippen molar-refractivity contribution in [2.45, 2.75) is 26.5 Å². The van der Waals surface area contributed by atoms with Gasteiger partial charge in [-0.15, -0.1) is 0 Å². The Kier molecular flexibility index (Phi) is 7.11. The van der Waals surface area contributed by atoms with Crippen molar-refractivity contribution in [2.75, 3.05) is 0 Å². The SMILES string of the molecule is CC(C)Oc1cc(CN)cc(-c2cn(-c3ccccc3)c3ncccc23)c1.O=S=O. The van der Waals surface area contributed by atoms with Gasteiger partial charge in [0.1, 0.15) is 11.4 Å². The molecule has 154 valence electrons. The van der Waals surface area contributed by atoms with Gasteiger partial charge in [0, 0.05) is 35.6 Å². The molecule has 0 atom stereocenters. The summed E-state index contributed by atoms with van der Waals surface area (Å²) in [6.07, 6.45) is 4.08. The fraction of sp³-hybridized carbons (Fsp3) is 0.174. The third kappa shape index (κ3) is 4.82. The summed E-state index contributed by atoms with van der Waals surface area (Å²) >= 11 is -0.750. The monoisotopic (exact) mass is 421 g/mol. The van der Waals surface area contributed by atoms with Crippen LogP contribution in [0.3, 0.4) is 0 Å². The number of hydrogen-bond acceptors (Lipinski definition) is 5. The number of pyridine rings is 1. The molecule has 0 aliphatic rings. The van der Waals surface area contributed by atoms with Crippen LogP contribution in [0.4, 0.5) is 0 Å². The number of benzene rings is 2. The van der Waals surface area contributed by atoms with Gasteiger partial charge in [0.2, 0.25) is 0 Å². The normalized spacial score (nSPS) is 10.5. The highest BCUT2D eigenvalue weighted by molar-refractivity contribution is 7.51. The molecule has 4 aromatic rings. The minimum absolute atomic E-state index is 0.109. The zero-order valence-corrected chi connectivity index (χ0v) is 17.6. The van der Waals surface area contributed by atoms with Crippen LogP contribution in [0.25, 0.3) is 27.8 Å².